The Bertz CT molecular complexity index is 828. The van der Waals surface area contributed by atoms with Crippen LogP contribution in [-0.4, -0.2) is 0 Å². The zero-order valence-electron chi connectivity index (χ0n) is 15.5. The monoisotopic (exact) mass is 460 g/mol. The van der Waals surface area contributed by atoms with Crippen LogP contribution in [0.15, 0.2) is 66.3 Å². The number of fused-ring (bicyclic) bond motifs is 3. The van der Waals surface area contributed by atoms with E-state index in [-0.39, 0.29) is 56.4 Å². The molecule has 134 valence electrons. The van der Waals surface area contributed by atoms with Crippen molar-refractivity contribution in [1.82, 2.24) is 0 Å². The van der Waals surface area contributed by atoms with Gasteiger partial charge in [0.1, 0.15) is 0 Å². The van der Waals surface area contributed by atoms with Gasteiger partial charge in [-0.2, -0.15) is 0 Å². The Balaban J connectivity index is 0.00000113. The van der Waals surface area contributed by atoms with Crippen molar-refractivity contribution in [3.63, 3.8) is 0 Å². The molecular formula is C23H24Cl2Zr. The predicted molar refractivity (Wildman–Crippen MR) is 98.9 cm³/mol. The molecule has 0 saturated carbocycles. The van der Waals surface area contributed by atoms with Gasteiger partial charge >= 0.3 is 26.2 Å². The fraction of sp³-hybridized carbons (Fsp3) is 0.304. The van der Waals surface area contributed by atoms with Crippen LogP contribution in [0.3, 0.4) is 0 Å². The van der Waals surface area contributed by atoms with Crippen molar-refractivity contribution in [1.29, 1.82) is 0 Å². The molecule has 2 aliphatic rings. The second-order valence-corrected chi connectivity index (χ2v) is 7.82. The predicted octanol–water partition coefficient (Wildman–Crippen LogP) is 0.378. The first-order valence-electron chi connectivity index (χ1n) is 8.63. The Morgan fingerprint density at radius 3 is 2.27 bits per heavy atom. The Hall–Kier alpha value is -0.617. The van der Waals surface area contributed by atoms with Crippen molar-refractivity contribution < 1.29 is 51.0 Å². The van der Waals surface area contributed by atoms with Crippen LogP contribution in [0.2, 0.25) is 0 Å². The SMILES string of the molecule is CC(C)(C)c1cccc2c1C(CC1=CC=CC1)c1ccccc1-2.[Cl-].[Cl-].[Zr+2]. The minimum Gasteiger partial charge on any atom is -1.00 e. The molecule has 0 N–H and O–H groups in total. The van der Waals surface area contributed by atoms with E-state index in [0.717, 1.165) is 12.8 Å². The first kappa shape index (κ1) is 23.4. The fourth-order valence-corrected chi connectivity index (χ4v) is 4.15. The van der Waals surface area contributed by atoms with E-state index < -0.39 is 0 Å². The summed E-state index contributed by atoms with van der Waals surface area (Å²) in [6.07, 6.45) is 9.04. The van der Waals surface area contributed by atoms with Crippen molar-refractivity contribution in [2.75, 3.05) is 0 Å². The molecule has 26 heavy (non-hydrogen) atoms. The van der Waals surface area contributed by atoms with Gasteiger partial charge in [0, 0.05) is 5.92 Å². The van der Waals surface area contributed by atoms with Crippen molar-refractivity contribution in [2.24, 2.45) is 0 Å². The standard InChI is InChI=1S/C23H24.2ClH.Zr/c1-23(2,3)21-14-8-13-19-17-11-6-7-12-18(17)20(22(19)21)15-16-9-4-5-10-16;;;/h4-9,11-14,20H,10,15H2,1-3H3;2*1H;/q;;;+2/p-2. The van der Waals surface area contributed by atoms with Gasteiger partial charge in [0.15, 0.2) is 0 Å². The van der Waals surface area contributed by atoms with E-state index >= 15 is 0 Å². The van der Waals surface area contributed by atoms with E-state index in [4.69, 9.17) is 0 Å². The van der Waals surface area contributed by atoms with Crippen LogP contribution in [0, 0.1) is 0 Å². The van der Waals surface area contributed by atoms with Gasteiger partial charge in [-0.05, 0) is 46.1 Å². The summed E-state index contributed by atoms with van der Waals surface area (Å²) < 4.78 is 0. The van der Waals surface area contributed by atoms with Gasteiger partial charge < -0.3 is 24.8 Å². The van der Waals surface area contributed by atoms with Crippen molar-refractivity contribution >= 4 is 0 Å². The molecule has 0 bridgehead atoms. The first-order valence-corrected chi connectivity index (χ1v) is 8.63. The van der Waals surface area contributed by atoms with Crippen LogP contribution < -0.4 is 24.8 Å². The van der Waals surface area contributed by atoms with Crippen LogP contribution in [0.1, 0.15) is 56.2 Å². The molecule has 0 fully saturated rings. The molecule has 0 aliphatic heterocycles. The molecule has 1 atom stereocenters. The van der Waals surface area contributed by atoms with E-state index in [1.54, 1.807) is 11.1 Å². The molecule has 0 heterocycles. The van der Waals surface area contributed by atoms with E-state index in [0.29, 0.717) is 5.92 Å². The minimum absolute atomic E-state index is 0. The van der Waals surface area contributed by atoms with E-state index in [1.165, 1.54) is 22.3 Å². The second-order valence-electron chi connectivity index (χ2n) is 7.82. The molecule has 4 rings (SSSR count). The fourth-order valence-electron chi connectivity index (χ4n) is 4.15. The van der Waals surface area contributed by atoms with Crippen LogP contribution >= 0.6 is 0 Å². The van der Waals surface area contributed by atoms with Crippen LogP contribution in [0.25, 0.3) is 11.1 Å². The zero-order valence-corrected chi connectivity index (χ0v) is 19.5. The van der Waals surface area contributed by atoms with Crippen LogP contribution in [0.5, 0.6) is 0 Å². The maximum absolute atomic E-state index is 2.33. The second kappa shape index (κ2) is 9.05. The summed E-state index contributed by atoms with van der Waals surface area (Å²) in [5, 5.41) is 0. The smallest absolute Gasteiger partial charge is 1.00 e. The molecule has 0 radical (unpaired) electrons. The molecule has 2 aliphatic carbocycles. The Labute approximate surface area is 189 Å². The molecular weight excluding hydrogens is 438 g/mol. The molecule has 2 aromatic rings. The Morgan fingerprint density at radius 2 is 1.62 bits per heavy atom. The number of allylic oxidation sites excluding steroid dienone is 4. The summed E-state index contributed by atoms with van der Waals surface area (Å²) in [5.41, 5.74) is 9.19. The molecule has 0 nitrogen and oxygen atoms in total. The summed E-state index contributed by atoms with van der Waals surface area (Å²) in [4.78, 5) is 0. The van der Waals surface area contributed by atoms with E-state index in [9.17, 15) is 0 Å². The van der Waals surface area contributed by atoms with Gasteiger partial charge in [-0.15, -0.1) is 0 Å². The molecule has 0 spiro atoms. The molecule has 3 heteroatoms. The van der Waals surface area contributed by atoms with E-state index in [2.05, 4.69) is 81.5 Å². The Morgan fingerprint density at radius 1 is 0.923 bits per heavy atom. The Kier molecular flexibility index (Phi) is 8.15. The van der Waals surface area contributed by atoms with Crippen LogP contribution in [0.4, 0.5) is 0 Å². The summed E-state index contributed by atoms with van der Waals surface area (Å²) in [6.45, 7) is 7.00. The van der Waals surface area contributed by atoms with Crippen LogP contribution in [-0.2, 0) is 31.6 Å². The number of hydrogen-bond acceptors (Lipinski definition) is 0. The number of hydrogen-bond donors (Lipinski definition) is 0. The summed E-state index contributed by atoms with van der Waals surface area (Å²) >= 11 is 0. The van der Waals surface area contributed by atoms with Crippen molar-refractivity contribution in [3.05, 3.63) is 83.0 Å². The third kappa shape index (κ3) is 4.11. The third-order valence-corrected chi connectivity index (χ3v) is 5.20. The number of halogens is 2. The molecule has 2 aromatic carbocycles. The summed E-state index contributed by atoms with van der Waals surface area (Å²) in [7, 11) is 0. The number of rotatable bonds is 2. The quantitative estimate of drug-likeness (QED) is 0.606. The third-order valence-electron chi connectivity index (χ3n) is 5.20. The van der Waals surface area contributed by atoms with E-state index in [1.807, 2.05) is 0 Å². The van der Waals surface area contributed by atoms with Crippen molar-refractivity contribution in [3.8, 4) is 11.1 Å². The zero-order chi connectivity index (χ0) is 16.0. The summed E-state index contributed by atoms with van der Waals surface area (Å²) in [6, 6.07) is 15.9. The molecule has 0 amide bonds. The average molecular weight is 463 g/mol. The molecule has 0 aromatic heterocycles. The van der Waals surface area contributed by atoms with Gasteiger partial charge in [0.2, 0.25) is 0 Å². The van der Waals surface area contributed by atoms with Gasteiger partial charge in [-0.3, -0.25) is 0 Å². The normalized spacial score (nSPS) is 16.6. The topological polar surface area (TPSA) is 0 Å². The maximum atomic E-state index is 2.33. The molecule has 1 unspecified atom stereocenters. The number of benzene rings is 2. The largest absolute Gasteiger partial charge is 2.00 e. The average Bonchev–Trinajstić information content (AvgIpc) is 3.14. The molecule has 0 saturated heterocycles. The summed E-state index contributed by atoms with van der Waals surface area (Å²) in [5.74, 6) is 0.503. The van der Waals surface area contributed by atoms with Gasteiger partial charge in [0.25, 0.3) is 0 Å². The minimum atomic E-state index is 0. The van der Waals surface area contributed by atoms with Gasteiger partial charge in [0.05, 0.1) is 0 Å². The van der Waals surface area contributed by atoms with Gasteiger partial charge in [-0.1, -0.05) is 87.0 Å². The maximum Gasteiger partial charge on any atom is 2.00 e. The first-order chi connectivity index (χ1) is 11.1. The van der Waals surface area contributed by atoms with Gasteiger partial charge in [-0.25, -0.2) is 0 Å². The van der Waals surface area contributed by atoms with Crippen molar-refractivity contribution in [2.45, 2.75) is 44.9 Å².